The van der Waals surface area contributed by atoms with E-state index in [0.29, 0.717) is 23.0 Å². The largest absolute Gasteiger partial charge is 0.416 e. The minimum Gasteiger partial charge on any atom is -0.400 e. The Balaban J connectivity index is -0.000000679. The van der Waals surface area contributed by atoms with Crippen LogP contribution in [0.15, 0.2) is 59.1 Å². The number of alkyl halides is 9. The molecule has 0 atom stereocenters. The van der Waals surface area contributed by atoms with E-state index in [1.165, 1.54) is 18.2 Å². The number of terminal acetylenes is 1. The first kappa shape index (κ1) is 56.2. The predicted molar refractivity (Wildman–Crippen MR) is 214 cm³/mol. The molecule has 7 N–H and O–H groups in total. The Hall–Kier alpha value is -4.13. The summed E-state index contributed by atoms with van der Waals surface area (Å²) in [5, 5.41) is 7.00. The molecule has 0 aliphatic heterocycles. The first-order valence-corrected chi connectivity index (χ1v) is 17.4. The van der Waals surface area contributed by atoms with Crippen molar-refractivity contribution in [3.8, 4) is 24.2 Å². The Morgan fingerprint density at radius 3 is 1.39 bits per heavy atom. The lowest BCUT2D eigenvalue weighted by atomic mass is 10.0. The Labute approximate surface area is 334 Å². The highest BCUT2D eigenvalue weighted by molar-refractivity contribution is 9.10. The van der Waals surface area contributed by atoms with Crippen molar-refractivity contribution in [2.24, 2.45) is 0 Å². The van der Waals surface area contributed by atoms with Gasteiger partial charge in [0.15, 0.2) is 0 Å². The maximum atomic E-state index is 12.5. The molecule has 0 unspecified atom stereocenters. The molecule has 7 nitrogen and oxygen atoms in total. The second-order valence-electron chi connectivity index (χ2n) is 12.0. The van der Waals surface area contributed by atoms with Gasteiger partial charge in [-0.2, -0.15) is 39.5 Å². The van der Waals surface area contributed by atoms with Gasteiger partial charge in [0, 0.05) is 34.2 Å². The van der Waals surface area contributed by atoms with Gasteiger partial charge < -0.3 is 27.2 Å². The molecule has 3 aromatic carbocycles. The molecule has 3 rings (SSSR count). The first-order chi connectivity index (χ1) is 25.7. The lowest BCUT2D eigenvalue weighted by Gasteiger charge is -2.12. The van der Waals surface area contributed by atoms with E-state index < -0.39 is 35.2 Å². The average molecular weight is 874 g/mol. The van der Waals surface area contributed by atoms with Crippen LogP contribution in [0.5, 0.6) is 0 Å². The first-order valence-electron chi connectivity index (χ1n) is 16.6. The van der Waals surface area contributed by atoms with Crippen molar-refractivity contribution in [1.29, 1.82) is 0 Å². The summed E-state index contributed by atoms with van der Waals surface area (Å²) in [6, 6.07) is 10.4. The summed E-state index contributed by atoms with van der Waals surface area (Å²) >= 11 is 2.93. The van der Waals surface area contributed by atoms with Gasteiger partial charge in [-0.1, -0.05) is 47.5 Å². The molecule has 0 fully saturated rings. The Kier molecular flexibility index (Phi) is 28.4. The Morgan fingerprint density at radius 2 is 1.02 bits per heavy atom. The standard InChI is InChI=1S/C12H17F3N2.C12H13F3N2.C7H5BrF3N.C5H9N.C2H6.CH4O/c2*1-17(2)5-3-4-9-6-10(12(13,14)15)8-11(16)7-9;8-5-1-4(7(9,10)11)2-6(12)3-5;1-4-5-6(2)3;2*1-2/h6-8H,3-5,16H2,1-2H3;6-8H,5,16H2,1-2H3;1-3H,12H2;1H,5H2,2-3H3;1-2H3;2H,1H3. The van der Waals surface area contributed by atoms with E-state index >= 15 is 0 Å². The SMILES string of the molecule is C#CCN(C)C.CC.CN(C)CC#Cc1cc(N)cc(C(F)(F)F)c1.CN(C)CCCc1cc(N)cc(C(F)(F)F)c1.CO.Nc1cc(Br)cc(C(F)(F)F)c1. The highest BCUT2D eigenvalue weighted by atomic mass is 79.9. The van der Waals surface area contributed by atoms with Crippen LogP contribution in [0.1, 0.15) is 48.1 Å². The second-order valence-corrected chi connectivity index (χ2v) is 12.9. The molecule has 0 aliphatic carbocycles. The third-order valence-electron chi connectivity index (χ3n) is 5.98. The summed E-state index contributed by atoms with van der Waals surface area (Å²) < 4.78 is 112. The number of aryl methyl sites for hydroxylation is 1. The molecule has 0 heterocycles. The number of nitrogens with zero attached hydrogens (tertiary/aromatic N) is 3. The van der Waals surface area contributed by atoms with Gasteiger partial charge in [0.05, 0.1) is 29.8 Å². The maximum Gasteiger partial charge on any atom is 0.416 e. The maximum absolute atomic E-state index is 12.5. The molecule has 0 bridgehead atoms. The average Bonchev–Trinajstić information content (AvgIpc) is 3.05. The topological polar surface area (TPSA) is 108 Å². The molecule has 0 amide bonds. The van der Waals surface area contributed by atoms with Gasteiger partial charge in [-0.25, -0.2) is 0 Å². The molecular formula is C39H54BrF9N6O. The van der Waals surface area contributed by atoms with Crippen molar-refractivity contribution in [3.05, 3.63) is 86.9 Å². The highest BCUT2D eigenvalue weighted by Crippen LogP contribution is 2.33. The highest BCUT2D eigenvalue weighted by Gasteiger charge is 2.32. The molecule has 316 valence electrons. The van der Waals surface area contributed by atoms with Crippen LogP contribution >= 0.6 is 15.9 Å². The number of nitrogens with two attached hydrogens (primary N) is 3. The Morgan fingerprint density at radius 1 is 0.607 bits per heavy atom. The van der Waals surface area contributed by atoms with Crippen molar-refractivity contribution >= 4 is 33.0 Å². The monoisotopic (exact) mass is 872 g/mol. The van der Waals surface area contributed by atoms with Crippen molar-refractivity contribution in [3.63, 3.8) is 0 Å². The van der Waals surface area contributed by atoms with Gasteiger partial charge in [0.1, 0.15) is 0 Å². The third kappa shape index (κ3) is 28.3. The lowest BCUT2D eigenvalue weighted by Crippen LogP contribution is -2.13. The van der Waals surface area contributed by atoms with Gasteiger partial charge in [0.2, 0.25) is 0 Å². The van der Waals surface area contributed by atoms with Crippen molar-refractivity contribution in [2.75, 3.05) is 86.2 Å². The van der Waals surface area contributed by atoms with E-state index in [1.807, 2.05) is 70.8 Å². The van der Waals surface area contributed by atoms with E-state index in [0.717, 1.165) is 57.0 Å². The van der Waals surface area contributed by atoms with E-state index in [4.69, 9.17) is 28.7 Å². The fraction of sp³-hybridized carbons (Fsp3) is 0.436. The van der Waals surface area contributed by atoms with Crippen LogP contribution < -0.4 is 17.2 Å². The molecule has 3 aromatic rings. The minimum atomic E-state index is -4.40. The summed E-state index contributed by atoms with van der Waals surface area (Å²) in [5.41, 5.74) is 15.2. The van der Waals surface area contributed by atoms with Crippen LogP contribution in [0.25, 0.3) is 0 Å². The van der Waals surface area contributed by atoms with Crippen molar-refractivity contribution < 1.29 is 44.6 Å². The van der Waals surface area contributed by atoms with Crippen LogP contribution in [-0.4, -0.2) is 88.8 Å². The molecule has 17 heteroatoms. The zero-order valence-electron chi connectivity index (χ0n) is 33.1. The van der Waals surface area contributed by atoms with Crippen molar-refractivity contribution in [1.82, 2.24) is 14.7 Å². The molecule has 0 aliphatic rings. The molecule has 56 heavy (non-hydrogen) atoms. The minimum absolute atomic E-state index is 0.0639. The van der Waals surface area contributed by atoms with Crippen LogP contribution in [0.2, 0.25) is 0 Å². The summed E-state index contributed by atoms with van der Waals surface area (Å²) in [6.45, 7) is 6.06. The lowest BCUT2D eigenvalue weighted by molar-refractivity contribution is -0.138. The number of rotatable bonds is 6. The van der Waals surface area contributed by atoms with Crippen molar-refractivity contribution in [2.45, 2.75) is 45.2 Å². The second kappa shape index (κ2) is 28.3. The number of halogens is 10. The molecule has 0 spiro atoms. The van der Waals surface area contributed by atoms with Crippen LogP contribution in [0, 0.1) is 24.2 Å². The summed E-state index contributed by atoms with van der Waals surface area (Å²) in [6.07, 6.45) is -6.70. The van der Waals surface area contributed by atoms with Crippen LogP contribution in [0.4, 0.5) is 56.6 Å². The number of hydrogen-bond donors (Lipinski definition) is 4. The summed E-state index contributed by atoms with van der Waals surface area (Å²) in [7, 11) is 12.4. The van der Waals surface area contributed by atoms with Gasteiger partial charge in [-0.05, 0) is 122 Å². The summed E-state index contributed by atoms with van der Waals surface area (Å²) in [5.74, 6) is 7.91. The number of benzene rings is 3. The fourth-order valence-corrected chi connectivity index (χ4v) is 4.28. The van der Waals surface area contributed by atoms with E-state index in [1.54, 1.807) is 6.07 Å². The number of nitrogen functional groups attached to an aromatic ring is 3. The van der Waals surface area contributed by atoms with E-state index in [2.05, 4.69) is 33.7 Å². The molecular weight excluding hydrogens is 819 g/mol. The number of aliphatic hydroxyl groups is 1. The molecule has 0 saturated carbocycles. The van der Waals surface area contributed by atoms with Gasteiger partial charge in [-0.3, -0.25) is 9.80 Å². The zero-order valence-corrected chi connectivity index (χ0v) is 34.7. The molecule has 0 aromatic heterocycles. The zero-order chi connectivity index (χ0) is 44.4. The van der Waals surface area contributed by atoms with Crippen LogP contribution in [0.3, 0.4) is 0 Å². The van der Waals surface area contributed by atoms with Crippen LogP contribution in [-0.2, 0) is 24.9 Å². The molecule has 0 saturated heterocycles. The van der Waals surface area contributed by atoms with E-state index in [9.17, 15) is 39.5 Å². The Bertz CT molecular complexity index is 1620. The molecule has 0 radical (unpaired) electrons. The smallest absolute Gasteiger partial charge is 0.400 e. The number of hydrogen-bond acceptors (Lipinski definition) is 7. The summed E-state index contributed by atoms with van der Waals surface area (Å²) in [4.78, 5) is 5.76. The van der Waals surface area contributed by atoms with Gasteiger partial charge in [0.25, 0.3) is 0 Å². The van der Waals surface area contributed by atoms with Gasteiger partial charge >= 0.3 is 18.5 Å². The normalized spacial score (nSPS) is 10.7. The third-order valence-corrected chi connectivity index (χ3v) is 6.44. The fourth-order valence-electron chi connectivity index (χ4n) is 3.77. The van der Waals surface area contributed by atoms with Gasteiger partial charge in [-0.15, -0.1) is 6.42 Å². The quantitative estimate of drug-likeness (QED) is 0.111. The number of anilines is 3. The van der Waals surface area contributed by atoms with E-state index in [-0.39, 0.29) is 22.6 Å². The number of aliphatic hydroxyl groups excluding tert-OH is 1. The predicted octanol–water partition coefficient (Wildman–Crippen LogP) is 8.85.